The number of hydrogen-bond acceptors (Lipinski definition) is 4. The molecule has 0 saturated carbocycles. The number of carbonyl (C=O) groups is 1. The van der Waals surface area contributed by atoms with Crippen LogP contribution < -0.4 is 9.75 Å². The second-order valence-electron chi connectivity index (χ2n) is 5.70. The zero-order valence-electron chi connectivity index (χ0n) is 13.2. The summed E-state index contributed by atoms with van der Waals surface area (Å²) >= 11 is 6.40. The largest absolute Gasteiger partial charge is 0.497 e. The van der Waals surface area contributed by atoms with Gasteiger partial charge in [-0.3, -0.25) is 4.79 Å². The number of nitrogens with zero attached hydrogens (tertiary/aromatic N) is 3. The topological polar surface area (TPSA) is 54.8 Å². The highest BCUT2D eigenvalue weighted by Crippen LogP contribution is 2.40. The lowest BCUT2D eigenvalue weighted by atomic mass is 10.1. The quantitative estimate of drug-likeness (QED) is 0.659. The van der Waals surface area contributed by atoms with Gasteiger partial charge in [-0.15, -0.1) is 0 Å². The average Bonchev–Trinajstić information content (AvgIpc) is 2.91. The van der Waals surface area contributed by atoms with Crippen LogP contribution in [0.15, 0.2) is 41.5 Å². The van der Waals surface area contributed by atoms with E-state index in [1.807, 2.05) is 37.3 Å². The number of fused-ring (bicyclic) bond motifs is 2. The van der Waals surface area contributed by atoms with Gasteiger partial charge in [0.1, 0.15) is 5.75 Å². The van der Waals surface area contributed by atoms with E-state index in [-0.39, 0.29) is 5.91 Å². The Hall–Kier alpha value is -2.66. The van der Waals surface area contributed by atoms with Crippen molar-refractivity contribution in [3.63, 3.8) is 0 Å². The number of anilines is 1. The van der Waals surface area contributed by atoms with Crippen molar-refractivity contribution in [2.75, 3.05) is 12.1 Å². The summed E-state index contributed by atoms with van der Waals surface area (Å²) in [6.45, 7) is 1.84. The summed E-state index contributed by atoms with van der Waals surface area (Å²) in [4.78, 5) is 17.1. The Kier molecular flexibility index (Phi) is 3.39. The van der Waals surface area contributed by atoms with Crippen LogP contribution in [-0.4, -0.2) is 23.7 Å². The molecule has 0 bridgehead atoms. The van der Waals surface area contributed by atoms with E-state index in [0.29, 0.717) is 28.4 Å². The zero-order chi connectivity index (χ0) is 16.8. The van der Waals surface area contributed by atoms with Crippen LogP contribution in [0.4, 0.5) is 5.69 Å². The van der Waals surface area contributed by atoms with Crippen LogP contribution >= 0.6 is 11.6 Å². The van der Waals surface area contributed by atoms with Gasteiger partial charge < -0.3 is 4.74 Å². The first kappa shape index (κ1) is 14.9. The van der Waals surface area contributed by atoms with Crippen molar-refractivity contribution in [1.29, 1.82) is 0 Å². The standard InChI is InChI=1S/C18H14ClN3O2/c1-10-7-16(23)22(21-10)18-12-5-3-4-6-15(12)20-17-13(18)8-11(24-2)9-14(17)19/h3-6,8-9H,7H2,1-2H3. The average molecular weight is 340 g/mol. The molecule has 4 rings (SSSR count). The van der Waals surface area contributed by atoms with Crippen LogP contribution in [0.2, 0.25) is 5.02 Å². The van der Waals surface area contributed by atoms with E-state index in [1.54, 1.807) is 13.2 Å². The molecule has 2 aromatic carbocycles. The number of hydrazone groups is 1. The summed E-state index contributed by atoms with van der Waals surface area (Å²) in [5, 5.41) is 7.93. The second kappa shape index (κ2) is 5.46. The minimum atomic E-state index is -0.0657. The summed E-state index contributed by atoms with van der Waals surface area (Å²) < 4.78 is 5.33. The van der Waals surface area contributed by atoms with Gasteiger partial charge in [0.25, 0.3) is 5.91 Å². The summed E-state index contributed by atoms with van der Waals surface area (Å²) in [7, 11) is 1.58. The lowest BCUT2D eigenvalue weighted by molar-refractivity contribution is -0.116. The molecule has 24 heavy (non-hydrogen) atoms. The molecule has 6 heteroatoms. The normalized spacial score (nSPS) is 14.5. The van der Waals surface area contributed by atoms with Crippen LogP contribution in [0.1, 0.15) is 13.3 Å². The maximum absolute atomic E-state index is 12.4. The van der Waals surface area contributed by atoms with Crippen LogP contribution in [0.3, 0.4) is 0 Å². The lowest BCUT2D eigenvalue weighted by Crippen LogP contribution is -2.20. The highest BCUT2D eigenvalue weighted by Gasteiger charge is 2.27. The van der Waals surface area contributed by atoms with Gasteiger partial charge in [-0.25, -0.2) is 4.98 Å². The summed E-state index contributed by atoms with van der Waals surface area (Å²) in [5.41, 5.74) is 2.86. The first-order valence-corrected chi connectivity index (χ1v) is 7.89. The Morgan fingerprint density at radius 3 is 2.71 bits per heavy atom. The van der Waals surface area contributed by atoms with Crippen molar-refractivity contribution < 1.29 is 9.53 Å². The molecule has 2 heterocycles. The minimum absolute atomic E-state index is 0.0657. The molecule has 0 spiro atoms. The number of carbonyl (C=O) groups excluding carboxylic acids is 1. The molecule has 0 radical (unpaired) electrons. The van der Waals surface area contributed by atoms with Gasteiger partial charge in [0.2, 0.25) is 0 Å². The fraction of sp³-hybridized carbons (Fsp3) is 0.167. The zero-order valence-corrected chi connectivity index (χ0v) is 14.0. The number of pyridine rings is 1. The van der Waals surface area contributed by atoms with Crippen molar-refractivity contribution in [2.45, 2.75) is 13.3 Å². The van der Waals surface area contributed by atoms with E-state index in [0.717, 1.165) is 22.0 Å². The van der Waals surface area contributed by atoms with Crippen molar-refractivity contribution >= 4 is 50.7 Å². The number of aromatic nitrogens is 1. The summed E-state index contributed by atoms with van der Waals surface area (Å²) in [6, 6.07) is 11.2. The molecule has 1 aliphatic rings. The Balaban J connectivity index is 2.17. The maximum Gasteiger partial charge on any atom is 0.253 e. The Morgan fingerprint density at radius 2 is 2.00 bits per heavy atom. The molecule has 1 aromatic heterocycles. The fourth-order valence-electron chi connectivity index (χ4n) is 2.98. The third-order valence-electron chi connectivity index (χ3n) is 4.04. The third kappa shape index (κ3) is 2.20. The minimum Gasteiger partial charge on any atom is -0.497 e. The number of rotatable bonds is 2. The highest BCUT2D eigenvalue weighted by molar-refractivity contribution is 6.36. The monoisotopic (exact) mass is 339 g/mol. The van der Waals surface area contributed by atoms with Crippen LogP contribution in [-0.2, 0) is 4.79 Å². The molecule has 0 unspecified atom stereocenters. The van der Waals surface area contributed by atoms with Crippen LogP contribution in [0.25, 0.3) is 21.8 Å². The SMILES string of the molecule is COc1cc(Cl)c2nc3ccccc3c(N3N=C(C)CC3=O)c2c1. The molecule has 0 fully saturated rings. The molecule has 0 atom stereocenters. The van der Waals surface area contributed by atoms with Gasteiger partial charge in [-0.1, -0.05) is 29.8 Å². The maximum atomic E-state index is 12.4. The van der Waals surface area contributed by atoms with Gasteiger partial charge in [0.15, 0.2) is 0 Å². The first-order chi connectivity index (χ1) is 11.6. The van der Waals surface area contributed by atoms with Crippen molar-refractivity contribution in [1.82, 2.24) is 4.98 Å². The van der Waals surface area contributed by atoms with Crippen molar-refractivity contribution in [3.05, 3.63) is 41.4 Å². The number of ether oxygens (including phenoxy) is 1. The van der Waals surface area contributed by atoms with Gasteiger partial charge in [-0.2, -0.15) is 10.1 Å². The van der Waals surface area contributed by atoms with E-state index >= 15 is 0 Å². The molecule has 120 valence electrons. The van der Waals surface area contributed by atoms with Crippen molar-refractivity contribution in [2.24, 2.45) is 5.10 Å². The molecular weight excluding hydrogens is 326 g/mol. The number of amides is 1. The van der Waals surface area contributed by atoms with Gasteiger partial charge in [0, 0.05) is 22.6 Å². The smallest absolute Gasteiger partial charge is 0.253 e. The molecule has 1 amide bonds. The first-order valence-electron chi connectivity index (χ1n) is 7.51. The van der Waals surface area contributed by atoms with Crippen LogP contribution in [0, 0.1) is 0 Å². The highest BCUT2D eigenvalue weighted by atomic mass is 35.5. The third-order valence-corrected chi connectivity index (χ3v) is 4.33. The number of methoxy groups -OCH3 is 1. The summed E-state index contributed by atoms with van der Waals surface area (Å²) in [6.07, 6.45) is 0.315. The Bertz CT molecular complexity index is 1030. The molecule has 5 nitrogen and oxygen atoms in total. The van der Waals surface area contributed by atoms with Gasteiger partial charge in [0.05, 0.1) is 35.3 Å². The number of para-hydroxylation sites is 1. The van der Waals surface area contributed by atoms with E-state index in [9.17, 15) is 4.79 Å². The van der Waals surface area contributed by atoms with E-state index in [1.165, 1.54) is 5.01 Å². The number of hydrogen-bond donors (Lipinski definition) is 0. The number of benzene rings is 2. The fourth-order valence-corrected chi connectivity index (χ4v) is 3.23. The lowest BCUT2D eigenvalue weighted by Gasteiger charge is -2.18. The van der Waals surface area contributed by atoms with E-state index in [4.69, 9.17) is 16.3 Å². The van der Waals surface area contributed by atoms with E-state index in [2.05, 4.69) is 10.1 Å². The Labute approximate surface area is 143 Å². The predicted octanol–water partition coefficient (Wildman–Crippen LogP) is 4.16. The van der Waals surface area contributed by atoms with Crippen molar-refractivity contribution in [3.8, 4) is 5.75 Å². The Morgan fingerprint density at radius 1 is 1.21 bits per heavy atom. The summed E-state index contributed by atoms with van der Waals surface area (Å²) in [5.74, 6) is 0.544. The molecule has 0 N–H and O–H groups in total. The second-order valence-corrected chi connectivity index (χ2v) is 6.11. The molecular formula is C18H14ClN3O2. The molecule has 1 aliphatic heterocycles. The van der Waals surface area contributed by atoms with E-state index < -0.39 is 0 Å². The van der Waals surface area contributed by atoms with Gasteiger partial charge in [-0.05, 0) is 19.1 Å². The predicted molar refractivity (Wildman–Crippen MR) is 96.0 cm³/mol. The number of halogens is 1. The van der Waals surface area contributed by atoms with Gasteiger partial charge >= 0.3 is 0 Å². The van der Waals surface area contributed by atoms with Crippen LogP contribution in [0.5, 0.6) is 5.75 Å². The molecule has 0 aliphatic carbocycles. The molecule has 3 aromatic rings. The molecule has 0 saturated heterocycles.